The highest BCUT2D eigenvalue weighted by molar-refractivity contribution is 7.25. The van der Waals surface area contributed by atoms with Gasteiger partial charge >= 0.3 is 0 Å². The molecule has 0 aliphatic heterocycles. The first-order chi connectivity index (χ1) is 5.66. The van der Waals surface area contributed by atoms with Gasteiger partial charge in [0.25, 0.3) is 5.56 Å². The molecule has 0 bridgehead atoms. The number of hydrogen-bond acceptors (Lipinski definition) is 3. The smallest absolute Gasteiger partial charge is 0.259 e. The minimum atomic E-state index is -0.0400. The summed E-state index contributed by atoms with van der Waals surface area (Å²) in [5, 5.41) is 0.697. The van der Waals surface area contributed by atoms with Crippen LogP contribution in [-0.2, 0) is 0 Å². The fourth-order valence-corrected chi connectivity index (χ4v) is 2.09. The molecule has 0 spiro atoms. The van der Waals surface area contributed by atoms with Gasteiger partial charge in [-0.3, -0.25) is 4.79 Å². The van der Waals surface area contributed by atoms with Gasteiger partial charge in [0.15, 0.2) is 7.85 Å². The third kappa shape index (κ3) is 1.06. The number of nitrogens with zero attached hydrogens (tertiary/aromatic N) is 1. The molecule has 2 aromatic heterocycles. The molecule has 2 rings (SSSR count). The van der Waals surface area contributed by atoms with Gasteiger partial charge in [-0.15, -0.1) is 11.3 Å². The molecule has 0 saturated heterocycles. The summed E-state index contributed by atoms with van der Waals surface area (Å²) in [6, 6.07) is 1.87. The number of aromatic nitrogens is 2. The van der Waals surface area contributed by atoms with Gasteiger partial charge in [0.2, 0.25) is 0 Å². The second-order valence-corrected chi connectivity index (χ2v) is 3.96. The predicted molar refractivity (Wildman–Crippen MR) is 53.2 cm³/mol. The summed E-state index contributed by atoms with van der Waals surface area (Å²) in [7, 11) is 1.97. The van der Waals surface area contributed by atoms with Crippen LogP contribution in [0.1, 0.15) is 5.82 Å². The van der Waals surface area contributed by atoms with Crippen LogP contribution in [-0.4, -0.2) is 17.8 Å². The zero-order valence-corrected chi connectivity index (χ0v) is 7.66. The molecule has 0 unspecified atom stereocenters. The van der Waals surface area contributed by atoms with Crippen molar-refractivity contribution < 1.29 is 0 Å². The highest BCUT2D eigenvalue weighted by atomic mass is 32.1. The van der Waals surface area contributed by atoms with Gasteiger partial charge in [0, 0.05) is 0 Å². The minimum Gasteiger partial charge on any atom is -0.310 e. The van der Waals surface area contributed by atoms with Crippen LogP contribution in [0.5, 0.6) is 0 Å². The molecule has 0 radical (unpaired) electrons. The maximum atomic E-state index is 11.3. The fraction of sp³-hybridized carbons (Fsp3) is 0.143. The van der Waals surface area contributed by atoms with Crippen LogP contribution in [0, 0.1) is 6.92 Å². The van der Waals surface area contributed by atoms with E-state index in [-0.39, 0.29) is 5.56 Å². The number of fused-ring (bicyclic) bond motifs is 1. The molecular weight excluding hydrogens is 171 g/mol. The monoisotopic (exact) mass is 178 g/mol. The summed E-state index contributed by atoms with van der Waals surface area (Å²) in [5.41, 5.74) is -0.0400. The first-order valence-electron chi connectivity index (χ1n) is 3.64. The Balaban J connectivity index is 2.98. The lowest BCUT2D eigenvalue weighted by Crippen LogP contribution is -2.07. The van der Waals surface area contributed by atoms with Crippen LogP contribution < -0.4 is 10.3 Å². The maximum Gasteiger partial charge on any atom is 0.259 e. The third-order valence-electron chi connectivity index (χ3n) is 1.64. The van der Waals surface area contributed by atoms with E-state index < -0.39 is 0 Å². The van der Waals surface area contributed by atoms with Crippen LogP contribution in [0.25, 0.3) is 10.2 Å². The summed E-state index contributed by atoms with van der Waals surface area (Å²) < 4.78 is 1.12. The van der Waals surface area contributed by atoms with E-state index in [0.29, 0.717) is 11.2 Å². The van der Waals surface area contributed by atoms with Crippen LogP contribution in [0.4, 0.5) is 0 Å². The molecule has 0 amide bonds. The topological polar surface area (TPSA) is 45.8 Å². The fourth-order valence-electron chi connectivity index (χ4n) is 1.16. The van der Waals surface area contributed by atoms with Crippen LogP contribution in [0.2, 0.25) is 0 Å². The summed E-state index contributed by atoms with van der Waals surface area (Å²) in [6.45, 7) is 1.79. The standard InChI is InChI=1S/C7H7BN2OS/c1-3-9-6(11)4-2-5(8)12-7(4)10-3/h2H,8H2,1H3,(H,9,10,11). The number of hydrogen-bond donors (Lipinski definition) is 1. The minimum absolute atomic E-state index is 0.0400. The molecule has 0 atom stereocenters. The van der Waals surface area contributed by atoms with E-state index in [9.17, 15) is 4.79 Å². The van der Waals surface area contributed by atoms with Crippen molar-refractivity contribution in [2.24, 2.45) is 0 Å². The largest absolute Gasteiger partial charge is 0.310 e. The molecule has 0 aromatic carbocycles. The molecule has 60 valence electrons. The lowest BCUT2D eigenvalue weighted by molar-refractivity contribution is 1.07. The Hall–Kier alpha value is -1.10. The normalized spacial score (nSPS) is 10.8. The molecular formula is C7H7BN2OS. The summed E-state index contributed by atoms with van der Waals surface area (Å²) in [4.78, 5) is 19.0. The van der Waals surface area contributed by atoms with Crippen molar-refractivity contribution in [1.29, 1.82) is 0 Å². The highest BCUT2D eigenvalue weighted by Gasteiger charge is 2.03. The van der Waals surface area contributed by atoms with Gasteiger partial charge in [-0.2, -0.15) is 0 Å². The number of thiophene rings is 1. The second kappa shape index (κ2) is 2.45. The Morgan fingerprint density at radius 3 is 3.17 bits per heavy atom. The Labute approximate surface area is 73.9 Å². The molecule has 1 N–H and O–H groups in total. The lowest BCUT2D eigenvalue weighted by Gasteiger charge is -1.90. The summed E-state index contributed by atoms with van der Waals surface area (Å²) >= 11 is 1.55. The van der Waals surface area contributed by atoms with Crippen molar-refractivity contribution >= 4 is 34.2 Å². The Bertz CT molecular complexity index is 488. The van der Waals surface area contributed by atoms with E-state index in [2.05, 4.69) is 9.97 Å². The summed E-state index contributed by atoms with van der Waals surface area (Å²) in [5.74, 6) is 0.675. The van der Waals surface area contributed by atoms with Gasteiger partial charge in [0.05, 0.1) is 5.39 Å². The summed E-state index contributed by atoms with van der Waals surface area (Å²) in [6.07, 6.45) is 0. The van der Waals surface area contributed by atoms with Gasteiger partial charge in [-0.1, -0.05) is 0 Å². The van der Waals surface area contributed by atoms with Gasteiger partial charge in [-0.25, -0.2) is 4.98 Å². The average Bonchev–Trinajstić information content (AvgIpc) is 2.29. The Morgan fingerprint density at radius 1 is 1.67 bits per heavy atom. The Morgan fingerprint density at radius 2 is 2.42 bits per heavy atom. The zero-order chi connectivity index (χ0) is 8.72. The van der Waals surface area contributed by atoms with E-state index in [1.165, 1.54) is 0 Å². The third-order valence-corrected chi connectivity index (χ3v) is 2.59. The molecule has 5 heteroatoms. The van der Waals surface area contributed by atoms with E-state index >= 15 is 0 Å². The molecule has 0 saturated carbocycles. The number of H-pyrrole nitrogens is 1. The van der Waals surface area contributed by atoms with Crippen molar-refractivity contribution in [2.45, 2.75) is 6.92 Å². The second-order valence-electron chi connectivity index (χ2n) is 2.73. The van der Waals surface area contributed by atoms with Crippen molar-refractivity contribution in [3.05, 3.63) is 22.2 Å². The van der Waals surface area contributed by atoms with Crippen molar-refractivity contribution in [1.82, 2.24) is 9.97 Å². The van der Waals surface area contributed by atoms with Gasteiger partial charge in [0.1, 0.15) is 10.7 Å². The van der Waals surface area contributed by atoms with E-state index in [4.69, 9.17) is 0 Å². The van der Waals surface area contributed by atoms with Crippen molar-refractivity contribution in [3.63, 3.8) is 0 Å². The SMILES string of the molecule is Bc1cc2c(=O)[nH]c(C)nc2s1. The van der Waals surface area contributed by atoms with Crippen LogP contribution >= 0.6 is 11.3 Å². The zero-order valence-electron chi connectivity index (χ0n) is 6.84. The molecule has 3 nitrogen and oxygen atoms in total. The first kappa shape index (κ1) is 7.55. The first-order valence-corrected chi connectivity index (χ1v) is 4.45. The van der Waals surface area contributed by atoms with Crippen LogP contribution in [0.15, 0.2) is 10.9 Å². The number of nitrogens with one attached hydrogen (secondary N) is 1. The molecule has 0 fully saturated rings. The number of rotatable bonds is 0. The molecule has 0 aliphatic carbocycles. The lowest BCUT2D eigenvalue weighted by atomic mass is 10.1. The maximum absolute atomic E-state index is 11.3. The molecule has 2 heterocycles. The van der Waals surface area contributed by atoms with E-state index in [1.807, 2.05) is 13.9 Å². The molecule has 2 aromatic rings. The van der Waals surface area contributed by atoms with E-state index in [1.54, 1.807) is 18.3 Å². The van der Waals surface area contributed by atoms with E-state index in [0.717, 1.165) is 9.61 Å². The Kier molecular flexibility index (Phi) is 1.54. The van der Waals surface area contributed by atoms with Crippen molar-refractivity contribution in [2.75, 3.05) is 0 Å². The van der Waals surface area contributed by atoms with Gasteiger partial charge < -0.3 is 4.98 Å². The molecule has 12 heavy (non-hydrogen) atoms. The van der Waals surface area contributed by atoms with Gasteiger partial charge in [-0.05, 0) is 17.8 Å². The van der Waals surface area contributed by atoms with Crippen LogP contribution in [0.3, 0.4) is 0 Å². The number of aryl methyl sites for hydroxylation is 1. The quantitative estimate of drug-likeness (QED) is 0.555. The number of aromatic amines is 1. The van der Waals surface area contributed by atoms with Crippen molar-refractivity contribution in [3.8, 4) is 0 Å². The highest BCUT2D eigenvalue weighted by Crippen LogP contribution is 2.10. The molecule has 0 aliphatic rings. The average molecular weight is 178 g/mol. The predicted octanol–water partition coefficient (Wildman–Crippen LogP) is -0.449.